The zero-order chi connectivity index (χ0) is 33.7. The number of rotatable bonds is 12. The lowest BCUT2D eigenvalue weighted by molar-refractivity contribution is -0.131. The molecule has 8 rings (SSSR count). The summed E-state index contributed by atoms with van der Waals surface area (Å²) in [5, 5.41) is 0. The van der Waals surface area contributed by atoms with Gasteiger partial charge in [0.1, 0.15) is 0 Å². The Labute approximate surface area is 304 Å². The van der Waals surface area contributed by atoms with Gasteiger partial charge < -0.3 is 9.80 Å². The van der Waals surface area contributed by atoms with Crippen molar-refractivity contribution < 1.29 is 4.79 Å². The summed E-state index contributed by atoms with van der Waals surface area (Å²) < 4.78 is 0. The molecule has 2 aromatic carbocycles. The Hall–Kier alpha value is -2.05. The summed E-state index contributed by atoms with van der Waals surface area (Å²) in [6.45, 7) is 9.19. The number of carbonyl (C=O) groups is 1. The van der Waals surface area contributed by atoms with Gasteiger partial charge in [0.15, 0.2) is 5.78 Å². The summed E-state index contributed by atoms with van der Waals surface area (Å²) in [4.78, 5) is 26.6. The second-order valence-corrected chi connectivity index (χ2v) is 17.3. The van der Waals surface area contributed by atoms with E-state index in [9.17, 15) is 0 Å². The highest BCUT2D eigenvalue weighted by Crippen LogP contribution is 2.41. The van der Waals surface area contributed by atoms with Gasteiger partial charge in [-0.1, -0.05) is 87.1 Å². The van der Waals surface area contributed by atoms with Crippen LogP contribution in [0.25, 0.3) is 0 Å². The molecule has 2 unspecified atom stereocenters. The van der Waals surface area contributed by atoms with E-state index in [1.807, 2.05) is 0 Å². The van der Waals surface area contributed by atoms with Gasteiger partial charge in [-0.15, -0.1) is 0 Å². The number of hydrogen-bond donors (Lipinski definition) is 0. The predicted octanol–water partition coefficient (Wildman–Crippen LogP) is 9.25. The van der Waals surface area contributed by atoms with Gasteiger partial charge >= 0.3 is 0 Å². The molecule has 4 heterocycles. The third kappa shape index (κ3) is 7.97. The van der Waals surface area contributed by atoms with Crippen molar-refractivity contribution in [2.75, 3.05) is 52.4 Å². The smallest absolute Gasteiger partial charge is 0.176 e. The maximum Gasteiger partial charge on any atom is 0.176 e. The second kappa shape index (κ2) is 16.7. The molecule has 2 aliphatic carbocycles. The van der Waals surface area contributed by atoms with Crippen LogP contribution in [-0.4, -0.2) is 89.8 Å². The van der Waals surface area contributed by atoms with E-state index in [0.717, 1.165) is 26.2 Å². The van der Waals surface area contributed by atoms with Crippen molar-refractivity contribution in [2.45, 2.75) is 152 Å². The van der Waals surface area contributed by atoms with Crippen LogP contribution < -0.4 is 0 Å². The molecule has 272 valence electrons. The van der Waals surface area contributed by atoms with Crippen LogP contribution in [0.4, 0.5) is 0 Å². The van der Waals surface area contributed by atoms with E-state index in [1.54, 1.807) is 0 Å². The Kier molecular flexibility index (Phi) is 11.7. The first kappa shape index (κ1) is 35.0. The highest BCUT2D eigenvalue weighted by molar-refractivity contribution is 5.91. The zero-order valence-corrected chi connectivity index (χ0v) is 31.2. The van der Waals surface area contributed by atoms with Gasteiger partial charge in [-0.2, -0.15) is 0 Å². The number of likely N-dealkylation sites (tertiary alicyclic amines) is 4. The third-order valence-electron chi connectivity index (χ3n) is 14.0. The Morgan fingerprint density at radius 2 is 0.840 bits per heavy atom. The maximum atomic E-state index is 15.8. The van der Waals surface area contributed by atoms with Crippen molar-refractivity contribution >= 4 is 5.78 Å². The highest BCUT2D eigenvalue weighted by Gasteiger charge is 2.44. The van der Waals surface area contributed by atoms with Crippen LogP contribution in [0.5, 0.6) is 0 Å². The average Bonchev–Trinajstić information content (AvgIpc) is 4.02. The van der Waals surface area contributed by atoms with Gasteiger partial charge in [0.25, 0.3) is 0 Å². The van der Waals surface area contributed by atoms with Crippen LogP contribution in [0.1, 0.15) is 162 Å². The van der Waals surface area contributed by atoms with Crippen LogP contribution in [0, 0.1) is 0 Å². The minimum atomic E-state index is -0.193. The maximum absolute atomic E-state index is 15.8. The van der Waals surface area contributed by atoms with Crippen LogP contribution in [0.3, 0.4) is 0 Å². The summed E-state index contributed by atoms with van der Waals surface area (Å²) >= 11 is 0. The summed E-state index contributed by atoms with van der Waals surface area (Å²) in [6.07, 6.45) is 23.6. The van der Waals surface area contributed by atoms with Gasteiger partial charge in [-0.25, -0.2) is 0 Å². The first-order valence-corrected chi connectivity index (χ1v) is 21.4. The molecule has 4 atom stereocenters. The van der Waals surface area contributed by atoms with Gasteiger partial charge in [0.2, 0.25) is 0 Å². The molecular weight excluding hydrogens is 613 g/mol. The number of ketones is 1. The van der Waals surface area contributed by atoms with Gasteiger partial charge in [-0.05, 0) is 150 Å². The molecule has 2 saturated carbocycles. The van der Waals surface area contributed by atoms with Gasteiger partial charge in [0, 0.05) is 25.2 Å². The van der Waals surface area contributed by atoms with Crippen molar-refractivity contribution in [1.29, 1.82) is 0 Å². The van der Waals surface area contributed by atoms with Crippen molar-refractivity contribution in [3.8, 4) is 0 Å². The molecule has 0 aromatic heterocycles. The summed E-state index contributed by atoms with van der Waals surface area (Å²) in [5.74, 6) is 1.81. The number of benzene rings is 2. The van der Waals surface area contributed by atoms with E-state index in [4.69, 9.17) is 0 Å². The highest BCUT2D eigenvalue weighted by atomic mass is 16.1. The van der Waals surface area contributed by atoms with Crippen LogP contribution >= 0.6 is 0 Å². The first-order chi connectivity index (χ1) is 24.7. The lowest BCUT2D eigenvalue weighted by atomic mass is 9.82. The SMILES string of the molecule is O=C([C@H](c1ccc(C2CCCCC2)cc1)N1CCCC1CN1CCCC1)[C@H](c1ccc(C2CCCCC2)cc1)N1CCCC1CN1CCCC1. The van der Waals surface area contributed by atoms with E-state index in [0.29, 0.717) is 29.7 Å². The lowest BCUT2D eigenvalue weighted by Crippen LogP contribution is -2.49. The van der Waals surface area contributed by atoms with Crippen LogP contribution in [-0.2, 0) is 4.79 Å². The topological polar surface area (TPSA) is 30.0 Å². The van der Waals surface area contributed by atoms with Crippen LogP contribution in [0.2, 0.25) is 0 Å². The predicted molar refractivity (Wildman–Crippen MR) is 206 cm³/mol. The summed E-state index contributed by atoms with van der Waals surface area (Å²) in [6, 6.07) is 19.7. The Balaban J connectivity index is 1.14. The first-order valence-electron chi connectivity index (χ1n) is 21.4. The Morgan fingerprint density at radius 1 is 0.460 bits per heavy atom. The Bertz CT molecular complexity index is 1250. The third-order valence-corrected chi connectivity index (χ3v) is 14.0. The van der Waals surface area contributed by atoms with E-state index in [2.05, 4.69) is 68.1 Å². The van der Waals surface area contributed by atoms with Crippen molar-refractivity contribution in [3.05, 3.63) is 70.8 Å². The zero-order valence-electron chi connectivity index (χ0n) is 31.2. The van der Waals surface area contributed by atoms with Crippen molar-refractivity contribution in [1.82, 2.24) is 19.6 Å². The standard InChI is InChI=1S/C45H66N4O/c50-45(43(48-31-11-17-41(48)33-46-27-7-8-28-46)39-23-19-37(20-24-39)35-13-3-1-4-14-35)44(49-32-12-18-42(49)34-47-29-9-10-30-47)40-25-21-38(22-26-40)36-15-5-2-6-16-36/h19-26,35-36,41-44H,1-18,27-34H2/t41?,42?,43-,44-/m0/s1. The molecule has 4 saturated heterocycles. The fraction of sp³-hybridized carbons (Fsp3) is 0.711. The normalized spacial score (nSPS) is 28.1. The number of Topliss-reactive ketones (excluding diaryl/α,β-unsaturated/α-hetero) is 1. The number of carbonyl (C=O) groups excluding carboxylic acids is 1. The summed E-state index contributed by atoms with van der Waals surface area (Å²) in [5.41, 5.74) is 5.47. The van der Waals surface area contributed by atoms with Crippen LogP contribution in [0.15, 0.2) is 48.5 Å². The number of nitrogens with zero attached hydrogens (tertiary/aromatic N) is 4. The average molecular weight is 679 g/mol. The molecule has 2 aromatic rings. The van der Waals surface area contributed by atoms with E-state index < -0.39 is 0 Å². The molecule has 4 aliphatic heterocycles. The quantitative estimate of drug-likeness (QED) is 0.223. The lowest BCUT2D eigenvalue weighted by Gasteiger charge is -2.40. The van der Waals surface area contributed by atoms with Crippen molar-refractivity contribution in [2.24, 2.45) is 0 Å². The fourth-order valence-electron chi connectivity index (χ4n) is 11.3. The molecular formula is C45H66N4O. The summed E-state index contributed by atoms with van der Waals surface area (Å²) in [7, 11) is 0. The molecule has 0 bridgehead atoms. The minimum absolute atomic E-state index is 0.193. The van der Waals surface area contributed by atoms with Gasteiger partial charge in [0.05, 0.1) is 12.1 Å². The molecule has 0 N–H and O–H groups in total. The monoisotopic (exact) mass is 679 g/mol. The van der Waals surface area contributed by atoms with E-state index in [-0.39, 0.29) is 12.1 Å². The molecule has 6 fully saturated rings. The van der Waals surface area contributed by atoms with E-state index in [1.165, 1.54) is 164 Å². The fourth-order valence-corrected chi connectivity index (χ4v) is 11.3. The Morgan fingerprint density at radius 3 is 1.22 bits per heavy atom. The molecule has 0 amide bonds. The molecule has 0 radical (unpaired) electrons. The molecule has 50 heavy (non-hydrogen) atoms. The second-order valence-electron chi connectivity index (χ2n) is 17.3. The van der Waals surface area contributed by atoms with Gasteiger partial charge in [-0.3, -0.25) is 14.6 Å². The number of hydrogen-bond acceptors (Lipinski definition) is 5. The molecule has 0 spiro atoms. The minimum Gasteiger partial charge on any atom is -0.302 e. The van der Waals surface area contributed by atoms with Crippen molar-refractivity contribution in [3.63, 3.8) is 0 Å². The molecule has 5 heteroatoms. The molecule has 6 aliphatic rings. The largest absolute Gasteiger partial charge is 0.302 e. The van der Waals surface area contributed by atoms with E-state index >= 15 is 4.79 Å². The molecule has 5 nitrogen and oxygen atoms in total.